The lowest BCUT2D eigenvalue weighted by Crippen LogP contribution is -2.39. The van der Waals surface area contributed by atoms with E-state index in [1.54, 1.807) is 12.3 Å². The number of hydrogen-bond acceptors (Lipinski definition) is 4. The summed E-state index contributed by atoms with van der Waals surface area (Å²) in [7, 11) is 0. The van der Waals surface area contributed by atoms with E-state index < -0.39 is 0 Å². The average Bonchev–Trinajstić information content (AvgIpc) is 2.33. The van der Waals surface area contributed by atoms with E-state index in [2.05, 4.69) is 24.1 Å². The Morgan fingerprint density at radius 3 is 2.89 bits per heavy atom. The number of aromatic nitrogens is 1. The van der Waals surface area contributed by atoms with E-state index in [0.29, 0.717) is 23.1 Å². The van der Waals surface area contributed by atoms with Crippen molar-refractivity contribution in [3.05, 3.63) is 17.8 Å². The van der Waals surface area contributed by atoms with Crippen molar-refractivity contribution in [1.82, 2.24) is 4.98 Å². The van der Waals surface area contributed by atoms with Crippen molar-refractivity contribution >= 4 is 11.5 Å². The molecule has 0 radical (unpaired) electrons. The minimum atomic E-state index is 0.264. The Balaban J connectivity index is 2.16. The smallest absolute Gasteiger partial charge is 0.149 e. The Kier molecular flexibility index (Phi) is 3.42. The molecule has 0 saturated heterocycles. The first-order valence-electron chi connectivity index (χ1n) is 6.45. The van der Waals surface area contributed by atoms with Crippen LogP contribution in [0.5, 0.6) is 0 Å². The van der Waals surface area contributed by atoms with Gasteiger partial charge in [0.25, 0.3) is 0 Å². The standard InChI is InChI=1S/C14H20N4/c1-14(2)6-4-3-5-12(14)18-13-11(16)7-10(8-15)9-17-13/h7,9,12H,3-6,16H2,1-2H3,(H,17,18). The third-order valence-electron chi connectivity index (χ3n) is 3.86. The molecule has 4 heteroatoms. The van der Waals surface area contributed by atoms with Crippen LogP contribution in [0.4, 0.5) is 11.5 Å². The van der Waals surface area contributed by atoms with Gasteiger partial charge in [-0.1, -0.05) is 26.7 Å². The SMILES string of the molecule is CC1(C)CCCCC1Nc1ncc(C#N)cc1N. The molecule has 1 atom stereocenters. The molecular formula is C14H20N4. The third kappa shape index (κ3) is 2.56. The van der Waals surface area contributed by atoms with Crippen LogP contribution in [0.1, 0.15) is 45.1 Å². The van der Waals surface area contributed by atoms with Gasteiger partial charge < -0.3 is 11.1 Å². The molecule has 0 aromatic carbocycles. The minimum Gasteiger partial charge on any atom is -0.396 e. The normalized spacial score (nSPS) is 22.2. The lowest BCUT2D eigenvalue weighted by atomic mass is 9.73. The molecule has 0 aliphatic heterocycles. The summed E-state index contributed by atoms with van der Waals surface area (Å²) in [5.41, 5.74) is 7.24. The van der Waals surface area contributed by atoms with Gasteiger partial charge in [0.1, 0.15) is 11.9 Å². The molecule has 1 fully saturated rings. The molecule has 1 aliphatic carbocycles. The molecule has 1 heterocycles. The van der Waals surface area contributed by atoms with Gasteiger partial charge in [-0.25, -0.2) is 4.98 Å². The topological polar surface area (TPSA) is 74.7 Å². The summed E-state index contributed by atoms with van der Waals surface area (Å²) in [6.07, 6.45) is 6.47. The van der Waals surface area contributed by atoms with Crippen molar-refractivity contribution in [3.8, 4) is 6.07 Å². The summed E-state index contributed by atoms with van der Waals surface area (Å²) in [5, 5.41) is 12.2. The van der Waals surface area contributed by atoms with Crippen LogP contribution in [0.2, 0.25) is 0 Å². The fourth-order valence-electron chi connectivity index (χ4n) is 2.59. The second kappa shape index (κ2) is 4.85. The quantitative estimate of drug-likeness (QED) is 0.838. The molecule has 3 N–H and O–H groups in total. The highest BCUT2D eigenvalue weighted by Crippen LogP contribution is 2.37. The van der Waals surface area contributed by atoms with E-state index in [1.807, 2.05) is 6.07 Å². The monoisotopic (exact) mass is 244 g/mol. The molecule has 0 spiro atoms. The van der Waals surface area contributed by atoms with E-state index in [1.165, 1.54) is 19.3 Å². The zero-order valence-electron chi connectivity index (χ0n) is 11.0. The largest absolute Gasteiger partial charge is 0.396 e. The highest BCUT2D eigenvalue weighted by atomic mass is 15.0. The van der Waals surface area contributed by atoms with Gasteiger partial charge in [-0.3, -0.25) is 0 Å². The fraction of sp³-hybridized carbons (Fsp3) is 0.571. The van der Waals surface area contributed by atoms with Gasteiger partial charge in [0.15, 0.2) is 0 Å². The summed E-state index contributed by atoms with van der Waals surface area (Å²) in [6.45, 7) is 4.56. The number of hydrogen-bond donors (Lipinski definition) is 2. The van der Waals surface area contributed by atoms with Crippen LogP contribution >= 0.6 is 0 Å². The number of pyridine rings is 1. The van der Waals surface area contributed by atoms with E-state index >= 15 is 0 Å². The maximum Gasteiger partial charge on any atom is 0.149 e. The van der Waals surface area contributed by atoms with Gasteiger partial charge in [-0.2, -0.15) is 5.26 Å². The van der Waals surface area contributed by atoms with Crippen molar-refractivity contribution in [2.45, 2.75) is 45.6 Å². The van der Waals surface area contributed by atoms with Crippen molar-refractivity contribution in [2.75, 3.05) is 11.1 Å². The van der Waals surface area contributed by atoms with Crippen LogP contribution in [-0.4, -0.2) is 11.0 Å². The molecule has 1 aliphatic rings. The van der Waals surface area contributed by atoms with Crippen molar-refractivity contribution in [1.29, 1.82) is 5.26 Å². The van der Waals surface area contributed by atoms with Crippen LogP contribution < -0.4 is 11.1 Å². The Morgan fingerprint density at radius 2 is 2.28 bits per heavy atom. The summed E-state index contributed by atoms with van der Waals surface area (Å²) in [5.74, 6) is 0.703. The molecule has 1 aromatic rings. The predicted molar refractivity (Wildman–Crippen MR) is 73.0 cm³/mol. The predicted octanol–water partition coefficient (Wildman–Crippen LogP) is 2.92. The number of nitrogen functional groups attached to an aromatic ring is 1. The number of rotatable bonds is 2. The molecule has 2 rings (SSSR count). The van der Waals surface area contributed by atoms with Crippen LogP contribution in [-0.2, 0) is 0 Å². The lowest BCUT2D eigenvalue weighted by molar-refractivity contribution is 0.217. The summed E-state index contributed by atoms with van der Waals surface area (Å²) in [6, 6.07) is 4.11. The van der Waals surface area contributed by atoms with Crippen molar-refractivity contribution in [3.63, 3.8) is 0 Å². The molecule has 1 aromatic heterocycles. The number of nitriles is 1. The second-order valence-electron chi connectivity index (χ2n) is 5.70. The molecule has 1 unspecified atom stereocenters. The molecular weight excluding hydrogens is 224 g/mol. The maximum absolute atomic E-state index is 8.79. The van der Waals surface area contributed by atoms with Crippen LogP contribution in [0.15, 0.2) is 12.3 Å². The number of anilines is 2. The van der Waals surface area contributed by atoms with Crippen LogP contribution in [0.25, 0.3) is 0 Å². The van der Waals surface area contributed by atoms with E-state index in [9.17, 15) is 0 Å². The zero-order chi connectivity index (χ0) is 13.2. The molecule has 18 heavy (non-hydrogen) atoms. The second-order valence-corrected chi connectivity index (χ2v) is 5.70. The Hall–Kier alpha value is -1.76. The molecule has 4 nitrogen and oxygen atoms in total. The molecule has 1 saturated carbocycles. The Morgan fingerprint density at radius 1 is 1.50 bits per heavy atom. The van der Waals surface area contributed by atoms with Gasteiger partial charge in [0, 0.05) is 12.2 Å². The first-order valence-corrected chi connectivity index (χ1v) is 6.45. The average molecular weight is 244 g/mol. The molecule has 96 valence electrons. The lowest BCUT2D eigenvalue weighted by Gasteiger charge is -2.39. The van der Waals surface area contributed by atoms with Gasteiger partial charge in [-0.15, -0.1) is 0 Å². The van der Waals surface area contributed by atoms with Gasteiger partial charge in [0.05, 0.1) is 11.3 Å². The summed E-state index contributed by atoms with van der Waals surface area (Å²) < 4.78 is 0. The molecule has 0 amide bonds. The van der Waals surface area contributed by atoms with Crippen LogP contribution in [0, 0.1) is 16.7 Å². The van der Waals surface area contributed by atoms with Gasteiger partial charge >= 0.3 is 0 Å². The zero-order valence-corrected chi connectivity index (χ0v) is 11.0. The Bertz CT molecular complexity index is 473. The summed E-state index contributed by atoms with van der Waals surface area (Å²) in [4.78, 5) is 4.25. The van der Waals surface area contributed by atoms with E-state index in [0.717, 1.165) is 6.42 Å². The maximum atomic E-state index is 8.79. The number of nitrogens with two attached hydrogens (primary N) is 1. The van der Waals surface area contributed by atoms with Crippen molar-refractivity contribution < 1.29 is 0 Å². The first kappa shape index (κ1) is 12.7. The minimum absolute atomic E-state index is 0.264. The number of nitrogens with zero attached hydrogens (tertiary/aromatic N) is 2. The van der Waals surface area contributed by atoms with Gasteiger partial charge in [-0.05, 0) is 24.3 Å². The highest BCUT2D eigenvalue weighted by Gasteiger charge is 2.32. The Labute approximate surface area is 108 Å². The van der Waals surface area contributed by atoms with E-state index in [4.69, 9.17) is 11.0 Å². The fourth-order valence-corrected chi connectivity index (χ4v) is 2.59. The number of nitrogens with one attached hydrogen (secondary N) is 1. The third-order valence-corrected chi connectivity index (χ3v) is 3.86. The summed E-state index contributed by atoms with van der Waals surface area (Å²) >= 11 is 0. The van der Waals surface area contributed by atoms with E-state index in [-0.39, 0.29) is 5.41 Å². The highest BCUT2D eigenvalue weighted by molar-refractivity contribution is 5.63. The molecule has 0 bridgehead atoms. The van der Waals surface area contributed by atoms with Crippen molar-refractivity contribution in [2.24, 2.45) is 5.41 Å². The first-order chi connectivity index (χ1) is 8.53. The van der Waals surface area contributed by atoms with Gasteiger partial charge in [0.2, 0.25) is 0 Å². The van der Waals surface area contributed by atoms with Crippen LogP contribution in [0.3, 0.4) is 0 Å².